The Morgan fingerprint density at radius 3 is 2.60 bits per heavy atom. The lowest BCUT2D eigenvalue weighted by atomic mass is 10.1. The molecule has 0 unspecified atom stereocenters. The second kappa shape index (κ2) is 8.05. The maximum absolute atomic E-state index is 12.8. The van der Waals surface area contributed by atoms with Gasteiger partial charge in [-0.1, -0.05) is 29.8 Å². The molecule has 0 amide bonds. The van der Waals surface area contributed by atoms with Crippen LogP contribution >= 0.6 is 11.6 Å². The molecule has 4 rings (SSSR count). The van der Waals surface area contributed by atoms with Crippen LogP contribution in [-0.2, 0) is 0 Å². The molecular formula is C24H17ClO5. The van der Waals surface area contributed by atoms with Crippen LogP contribution in [0.4, 0.5) is 0 Å². The fourth-order valence-electron chi connectivity index (χ4n) is 2.94. The molecule has 0 aliphatic carbocycles. The highest BCUT2D eigenvalue weighted by Crippen LogP contribution is 2.27. The van der Waals surface area contributed by atoms with Crippen molar-refractivity contribution in [3.63, 3.8) is 0 Å². The molecule has 0 fully saturated rings. The predicted molar refractivity (Wildman–Crippen MR) is 115 cm³/mol. The number of carbonyl (C=O) groups excluding carboxylic acids is 1. The SMILES string of the molecule is Cc1ccc(C)c(Oc2coc3cc(OC(=O)c4cccc(Cl)c4)ccc3c2=O)c1. The van der Waals surface area contributed by atoms with E-state index in [0.29, 0.717) is 21.7 Å². The summed E-state index contributed by atoms with van der Waals surface area (Å²) in [4.78, 5) is 25.1. The quantitative estimate of drug-likeness (QED) is 0.296. The van der Waals surface area contributed by atoms with E-state index in [1.807, 2.05) is 32.0 Å². The van der Waals surface area contributed by atoms with E-state index in [0.717, 1.165) is 11.1 Å². The summed E-state index contributed by atoms with van der Waals surface area (Å²) >= 11 is 5.91. The maximum atomic E-state index is 12.8. The van der Waals surface area contributed by atoms with Gasteiger partial charge in [-0.3, -0.25) is 4.79 Å². The molecule has 0 saturated carbocycles. The van der Waals surface area contributed by atoms with E-state index in [4.69, 9.17) is 25.5 Å². The van der Waals surface area contributed by atoms with Crippen molar-refractivity contribution in [1.82, 2.24) is 0 Å². The number of esters is 1. The Bertz CT molecular complexity index is 1320. The topological polar surface area (TPSA) is 65.7 Å². The number of carbonyl (C=O) groups is 1. The third-order valence-corrected chi connectivity index (χ3v) is 4.78. The summed E-state index contributed by atoms with van der Waals surface area (Å²) in [6.45, 7) is 3.85. The largest absolute Gasteiger partial charge is 0.460 e. The van der Waals surface area contributed by atoms with Gasteiger partial charge >= 0.3 is 5.97 Å². The van der Waals surface area contributed by atoms with Gasteiger partial charge in [0.15, 0.2) is 0 Å². The van der Waals surface area contributed by atoms with E-state index < -0.39 is 5.97 Å². The highest BCUT2D eigenvalue weighted by Gasteiger charge is 2.14. The Labute approximate surface area is 177 Å². The third-order valence-electron chi connectivity index (χ3n) is 4.55. The number of aryl methyl sites for hydroxylation is 2. The Kier molecular flexibility index (Phi) is 5.29. The number of benzene rings is 3. The van der Waals surface area contributed by atoms with Gasteiger partial charge in [-0.2, -0.15) is 0 Å². The van der Waals surface area contributed by atoms with Crippen molar-refractivity contribution in [1.29, 1.82) is 0 Å². The summed E-state index contributed by atoms with van der Waals surface area (Å²) in [5.41, 5.74) is 2.21. The molecule has 30 heavy (non-hydrogen) atoms. The molecule has 0 saturated heterocycles. The number of ether oxygens (including phenoxy) is 2. The van der Waals surface area contributed by atoms with Crippen LogP contribution in [0.3, 0.4) is 0 Å². The van der Waals surface area contributed by atoms with Crippen molar-refractivity contribution >= 4 is 28.5 Å². The molecule has 4 aromatic rings. The number of hydrogen-bond acceptors (Lipinski definition) is 5. The van der Waals surface area contributed by atoms with Crippen LogP contribution in [0.5, 0.6) is 17.2 Å². The van der Waals surface area contributed by atoms with Gasteiger partial charge in [0.05, 0.1) is 10.9 Å². The van der Waals surface area contributed by atoms with Crippen molar-refractivity contribution in [3.05, 3.63) is 98.9 Å². The van der Waals surface area contributed by atoms with Crippen molar-refractivity contribution < 1.29 is 18.7 Å². The van der Waals surface area contributed by atoms with Crippen LogP contribution in [0.2, 0.25) is 5.02 Å². The average Bonchev–Trinajstić information content (AvgIpc) is 2.72. The van der Waals surface area contributed by atoms with E-state index in [1.54, 1.807) is 18.2 Å². The number of rotatable bonds is 4. The van der Waals surface area contributed by atoms with Crippen molar-refractivity contribution in [3.8, 4) is 17.2 Å². The molecular weight excluding hydrogens is 404 g/mol. The van der Waals surface area contributed by atoms with Gasteiger partial charge in [0, 0.05) is 11.1 Å². The lowest BCUT2D eigenvalue weighted by Gasteiger charge is -2.10. The molecule has 1 aromatic heterocycles. The zero-order chi connectivity index (χ0) is 21.3. The molecule has 0 N–H and O–H groups in total. The summed E-state index contributed by atoms with van der Waals surface area (Å²) in [6, 6.07) is 16.8. The molecule has 6 heteroatoms. The zero-order valence-corrected chi connectivity index (χ0v) is 17.0. The smallest absolute Gasteiger partial charge is 0.343 e. The Morgan fingerprint density at radius 1 is 0.967 bits per heavy atom. The first kappa shape index (κ1) is 19.7. The van der Waals surface area contributed by atoms with E-state index in [1.165, 1.54) is 30.5 Å². The molecule has 0 radical (unpaired) electrons. The highest BCUT2D eigenvalue weighted by atomic mass is 35.5. The standard InChI is InChI=1S/C24H17ClO5/c1-14-6-7-15(2)20(10-14)30-22-13-28-21-12-18(8-9-19(21)23(22)26)29-24(27)16-4-3-5-17(25)11-16/h3-13H,1-2H3. The van der Waals surface area contributed by atoms with Crippen LogP contribution in [0.25, 0.3) is 11.0 Å². The number of hydrogen-bond donors (Lipinski definition) is 0. The van der Waals surface area contributed by atoms with Gasteiger partial charge in [0.1, 0.15) is 23.3 Å². The van der Waals surface area contributed by atoms with Crippen LogP contribution in [0.15, 0.2) is 76.1 Å². The second-order valence-electron chi connectivity index (χ2n) is 6.86. The minimum atomic E-state index is -0.561. The van der Waals surface area contributed by atoms with Gasteiger partial charge < -0.3 is 13.9 Å². The van der Waals surface area contributed by atoms with Crippen molar-refractivity contribution in [2.75, 3.05) is 0 Å². The van der Waals surface area contributed by atoms with Gasteiger partial charge in [-0.05, 0) is 61.4 Å². The minimum absolute atomic E-state index is 0.0832. The molecule has 1 heterocycles. The number of fused-ring (bicyclic) bond motifs is 1. The van der Waals surface area contributed by atoms with E-state index in [2.05, 4.69) is 0 Å². The molecule has 0 spiro atoms. The minimum Gasteiger partial charge on any atom is -0.460 e. The Morgan fingerprint density at radius 2 is 1.80 bits per heavy atom. The molecule has 0 aliphatic heterocycles. The van der Waals surface area contributed by atoms with Gasteiger partial charge in [0.2, 0.25) is 11.2 Å². The van der Waals surface area contributed by atoms with Crippen LogP contribution in [-0.4, -0.2) is 5.97 Å². The summed E-state index contributed by atoms with van der Waals surface area (Å²) < 4.78 is 16.7. The Hall–Kier alpha value is -3.57. The second-order valence-corrected chi connectivity index (χ2v) is 7.29. The summed E-state index contributed by atoms with van der Waals surface area (Å²) in [5.74, 6) is 0.362. The van der Waals surface area contributed by atoms with Crippen LogP contribution in [0, 0.1) is 13.8 Å². The molecule has 150 valence electrons. The van der Waals surface area contributed by atoms with Crippen molar-refractivity contribution in [2.24, 2.45) is 0 Å². The van der Waals surface area contributed by atoms with Crippen molar-refractivity contribution in [2.45, 2.75) is 13.8 Å². The molecule has 0 bridgehead atoms. The highest BCUT2D eigenvalue weighted by molar-refractivity contribution is 6.30. The molecule has 3 aromatic carbocycles. The van der Waals surface area contributed by atoms with Gasteiger partial charge in [-0.15, -0.1) is 0 Å². The maximum Gasteiger partial charge on any atom is 0.343 e. The zero-order valence-electron chi connectivity index (χ0n) is 16.3. The van der Waals surface area contributed by atoms with E-state index in [-0.39, 0.29) is 22.5 Å². The fourth-order valence-corrected chi connectivity index (χ4v) is 3.13. The lowest BCUT2D eigenvalue weighted by Crippen LogP contribution is -2.09. The third kappa shape index (κ3) is 4.07. The normalized spacial score (nSPS) is 10.8. The molecule has 0 aliphatic rings. The van der Waals surface area contributed by atoms with E-state index in [9.17, 15) is 9.59 Å². The Balaban J connectivity index is 1.62. The van der Waals surface area contributed by atoms with Crippen LogP contribution in [0.1, 0.15) is 21.5 Å². The first-order valence-electron chi connectivity index (χ1n) is 9.19. The summed E-state index contributed by atoms with van der Waals surface area (Å²) in [5, 5.41) is 0.755. The summed E-state index contributed by atoms with van der Waals surface area (Å²) in [6.07, 6.45) is 1.26. The van der Waals surface area contributed by atoms with Gasteiger partial charge in [0.25, 0.3) is 0 Å². The fraction of sp³-hybridized carbons (Fsp3) is 0.0833. The van der Waals surface area contributed by atoms with Gasteiger partial charge in [-0.25, -0.2) is 4.79 Å². The average molecular weight is 421 g/mol. The monoisotopic (exact) mass is 420 g/mol. The summed E-state index contributed by atoms with van der Waals surface area (Å²) in [7, 11) is 0. The lowest BCUT2D eigenvalue weighted by molar-refractivity contribution is 0.0735. The predicted octanol–water partition coefficient (Wildman–Crippen LogP) is 6.07. The first-order chi connectivity index (χ1) is 14.4. The first-order valence-corrected chi connectivity index (χ1v) is 9.57. The van der Waals surface area contributed by atoms with E-state index >= 15 is 0 Å². The molecule has 5 nitrogen and oxygen atoms in total. The molecule has 0 atom stereocenters. The number of halogens is 1. The van der Waals surface area contributed by atoms with Crippen LogP contribution < -0.4 is 14.9 Å².